The van der Waals surface area contributed by atoms with Crippen LogP contribution in [0.15, 0.2) is 12.2 Å². The summed E-state index contributed by atoms with van der Waals surface area (Å²) in [4.78, 5) is 42.9. The van der Waals surface area contributed by atoms with Crippen LogP contribution in [0.1, 0.15) is 245 Å². The van der Waals surface area contributed by atoms with E-state index >= 15 is 0 Å². The van der Waals surface area contributed by atoms with E-state index in [9.17, 15) is 14.2 Å². The second-order valence-electron chi connectivity index (χ2n) is 15.7. The Morgan fingerprint density at radius 1 is 0.463 bits per heavy atom. The molecule has 0 saturated carbocycles. The van der Waals surface area contributed by atoms with Crippen molar-refractivity contribution >= 4 is 19.8 Å². The highest BCUT2D eigenvalue weighted by Crippen LogP contribution is 2.36. The summed E-state index contributed by atoms with van der Waals surface area (Å²) in [5, 5.41) is 0. The topological polar surface area (TPSA) is 119 Å². The Labute approximate surface area is 333 Å². The maximum atomic E-state index is 12.4. The van der Waals surface area contributed by atoms with E-state index in [0.29, 0.717) is 6.42 Å². The van der Waals surface area contributed by atoms with E-state index in [-0.39, 0.29) is 19.4 Å². The zero-order valence-corrected chi connectivity index (χ0v) is 36.3. The van der Waals surface area contributed by atoms with Gasteiger partial charge < -0.3 is 19.3 Å². The van der Waals surface area contributed by atoms with Crippen molar-refractivity contribution < 1.29 is 37.9 Å². The molecule has 2 N–H and O–H groups in total. The van der Waals surface area contributed by atoms with Crippen molar-refractivity contribution in [3.63, 3.8) is 0 Å². The molecule has 0 aromatic heterocycles. The summed E-state index contributed by atoms with van der Waals surface area (Å²) in [7, 11) is -4.75. The zero-order chi connectivity index (χ0) is 39.6. The number of phosphoric ester groups is 1. The number of phosphoric acid groups is 1. The van der Waals surface area contributed by atoms with Crippen LogP contribution >= 0.6 is 7.82 Å². The predicted octanol–water partition coefficient (Wildman–Crippen LogP) is 14.2. The van der Waals surface area contributed by atoms with E-state index in [2.05, 4.69) is 30.5 Å². The molecule has 0 aromatic carbocycles. The number of esters is 2. The maximum absolute atomic E-state index is 12.4. The molecule has 9 heteroatoms. The Balaban J connectivity index is 3.82. The second-order valence-corrected chi connectivity index (χ2v) is 17.0. The van der Waals surface area contributed by atoms with Crippen molar-refractivity contribution in [2.45, 2.75) is 251 Å². The Morgan fingerprint density at radius 2 is 0.778 bits per heavy atom. The highest BCUT2D eigenvalue weighted by Gasteiger charge is 2.23. The minimum atomic E-state index is -4.75. The van der Waals surface area contributed by atoms with Gasteiger partial charge >= 0.3 is 19.8 Å². The van der Waals surface area contributed by atoms with Crippen LogP contribution in [0.4, 0.5) is 0 Å². The van der Waals surface area contributed by atoms with Crippen LogP contribution in [-0.2, 0) is 28.2 Å². The van der Waals surface area contributed by atoms with Crippen LogP contribution < -0.4 is 0 Å². The maximum Gasteiger partial charge on any atom is 0.469 e. The van der Waals surface area contributed by atoms with Gasteiger partial charge in [-0.05, 0) is 38.5 Å². The molecule has 0 fully saturated rings. The third kappa shape index (κ3) is 43.5. The molecule has 0 radical (unpaired) electrons. The molecule has 0 unspecified atom stereocenters. The summed E-state index contributed by atoms with van der Waals surface area (Å²) in [5.41, 5.74) is 0. The molecule has 0 aliphatic carbocycles. The lowest BCUT2D eigenvalue weighted by atomic mass is 10.0. The monoisotopic (exact) mass is 787 g/mol. The van der Waals surface area contributed by atoms with Gasteiger partial charge in [0.05, 0.1) is 6.61 Å². The van der Waals surface area contributed by atoms with Crippen molar-refractivity contribution in [3.8, 4) is 0 Å². The lowest BCUT2D eigenvalue weighted by Gasteiger charge is -2.18. The summed E-state index contributed by atoms with van der Waals surface area (Å²) >= 11 is 0. The van der Waals surface area contributed by atoms with Crippen molar-refractivity contribution in [1.82, 2.24) is 0 Å². The number of carbonyl (C=O) groups is 2. The lowest BCUT2D eigenvalue weighted by Crippen LogP contribution is -2.29. The Kier molecular flexibility index (Phi) is 40.5. The highest BCUT2D eigenvalue weighted by atomic mass is 31.2. The molecule has 0 aromatic rings. The van der Waals surface area contributed by atoms with Crippen LogP contribution in [-0.4, -0.2) is 41.0 Å². The molecule has 0 spiro atoms. The predicted molar refractivity (Wildman–Crippen MR) is 226 cm³/mol. The fourth-order valence-electron chi connectivity index (χ4n) is 6.84. The van der Waals surface area contributed by atoms with Gasteiger partial charge in [-0.3, -0.25) is 14.1 Å². The number of unbranched alkanes of at least 4 members (excludes halogenated alkanes) is 31. The average Bonchev–Trinajstić information content (AvgIpc) is 3.14. The normalized spacial score (nSPS) is 12.4. The van der Waals surface area contributed by atoms with Crippen molar-refractivity contribution in [2.24, 2.45) is 0 Å². The third-order valence-corrected chi connectivity index (χ3v) is 10.8. The quantitative estimate of drug-likeness (QED) is 0.0271. The molecule has 8 nitrogen and oxygen atoms in total. The number of carbonyl (C=O) groups excluding carboxylic acids is 2. The first kappa shape index (κ1) is 52.8. The van der Waals surface area contributed by atoms with Crippen LogP contribution in [0.2, 0.25) is 0 Å². The fourth-order valence-corrected chi connectivity index (χ4v) is 7.20. The molecule has 0 heterocycles. The van der Waals surface area contributed by atoms with Gasteiger partial charge in [-0.15, -0.1) is 0 Å². The SMILES string of the molecule is CCCCCCCC/C=C/CCCCCCCC(=O)OC[C@H](COP(=O)(O)O)OC(=O)CCCCCCCCCCCCCCCCCCCCCCC. The van der Waals surface area contributed by atoms with Gasteiger partial charge in [0.2, 0.25) is 0 Å². The van der Waals surface area contributed by atoms with E-state index in [1.54, 1.807) is 0 Å². The summed E-state index contributed by atoms with van der Waals surface area (Å²) in [6.07, 6.45) is 46.5. The van der Waals surface area contributed by atoms with Crippen LogP contribution in [0.25, 0.3) is 0 Å². The number of ether oxygens (including phenoxy) is 2. The van der Waals surface area contributed by atoms with Gasteiger partial charge in [-0.25, -0.2) is 4.57 Å². The third-order valence-electron chi connectivity index (χ3n) is 10.3. The molecule has 0 aliphatic heterocycles. The molecule has 0 bridgehead atoms. The molecular weight excluding hydrogens is 699 g/mol. The minimum Gasteiger partial charge on any atom is -0.462 e. The second kappa shape index (κ2) is 41.4. The van der Waals surface area contributed by atoms with E-state index in [1.807, 2.05) is 0 Å². The lowest BCUT2D eigenvalue weighted by molar-refractivity contribution is -0.161. The Bertz CT molecular complexity index is 889. The summed E-state index contributed by atoms with van der Waals surface area (Å²) in [5.74, 6) is -0.880. The van der Waals surface area contributed by atoms with Crippen molar-refractivity contribution in [2.75, 3.05) is 13.2 Å². The van der Waals surface area contributed by atoms with Gasteiger partial charge in [0.15, 0.2) is 6.10 Å². The molecule has 0 saturated heterocycles. The smallest absolute Gasteiger partial charge is 0.462 e. The van der Waals surface area contributed by atoms with Gasteiger partial charge in [0.25, 0.3) is 0 Å². The zero-order valence-electron chi connectivity index (χ0n) is 35.4. The number of rotatable bonds is 43. The van der Waals surface area contributed by atoms with E-state index < -0.39 is 32.5 Å². The van der Waals surface area contributed by atoms with Crippen LogP contribution in [0.5, 0.6) is 0 Å². The fraction of sp³-hybridized carbons (Fsp3) is 0.911. The first-order chi connectivity index (χ1) is 26.3. The largest absolute Gasteiger partial charge is 0.469 e. The van der Waals surface area contributed by atoms with Crippen molar-refractivity contribution in [1.29, 1.82) is 0 Å². The Hall–Kier alpha value is -1.21. The van der Waals surface area contributed by atoms with Gasteiger partial charge in [-0.2, -0.15) is 0 Å². The van der Waals surface area contributed by atoms with E-state index in [0.717, 1.165) is 51.4 Å². The Morgan fingerprint density at radius 3 is 1.13 bits per heavy atom. The van der Waals surface area contributed by atoms with Gasteiger partial charge in [0, 0.05) is 12.8 Å². The van der Waals surface area contributed by atoms with Gasteiger partial charge in [-0.1, -0.05) is 206 Å². The first-order valence-electron chi connectivity index (χ1n) is 23.0. The van der Waals surface area contributed by atoms with E-state index in [4.69, 9.17) is 19.3 Å². The average molecular weight is 787 g/mol. The molecule has 54 heavy (non-hydrogen) atoms. The highest BCUT2D eigenvalue weighted by molar-refractivity contribution is 7.46. The van der Waals surface area contributed by atoms with Crippen LogP contribution in [0.3, 0.4) is 0 Å². The summed E-state index contributed by atoms with van der Waals surface area (Å²) in [6.45, 7) is 3.71. The summed E-state index contributed by atoms with van der Waals surface area (Å²) in [6, 6.07) is 0. The first-order valence-corrected chi connectivity index (χ1v) is 24.5. The molecular formula is C45H87O8P. The van der Waals surface area contributed by atoms with Gasteiger partial charge in [0.1, 0.15) is 6.61 Å². The molecule has 320 valence electrons. The molecule has 0 amide bonds. The number of allylic oxidation sites excluding steroid dienone is 2. The minimum absolute atomic E-state index is 0.217. The van der Waals surface area contributed by atoms with Crippen molar-refractivity contribution in [3.05, 3.63) is 12.2 Å². The standard InChI is InChI=1S/C45H87O8P/c1-3-5-7-9-11-13-15-17-19-20-21-22-23-24-26-28-30-32-34-36-38-40-45(47)53-43(42-52-54(48,49)50)41-51-44(46)39-37-35-33-31-29-27-25-18-16-14-12-10-8-6-4-2/h18,25,43H,3-17,19-24,26-42H2,1-2H3,(H2,48,49,50)/b25-18+/t43-/m1/s1. The van der Waals surface area contributed by atoms with Crippen LogP contribution in [0, 0.1) is 0 Å². The molecule has 1 atom stereocenters. The number of hydrogen-bond acceptors (Lipinski definition) is 6. The number of hydrogen-bond donors (Lipinski definition) is 2. The van der Waals surface area contributed by atoms with E-state index in [1.165, 1.54) is 161 Å². The summed E-state index contributed by atoms with van der Waals surface area (Å²) < 4.78 is 26.4. The molecule has 0 aliphatic rings. The molecule has 0 rings (SSSR count).